The average molecular weight is 456 g/mol. The van der Waals surface area contributed by atoms with E-state index in [0.717, 1.165) is 6.67 Å². The number of halogens is 6. The van der Waals surface area contributed by atoms with Crippen molar-refractivity contribution in [3.63, 3.8) is 0 Å². The van der Waals surface area contributed by atoms with Crippen molar-refractivity contribution in [1.82, 2.24) is 9.13 Å². The molecule has 1 unspecified atom stereocenters. The second kappa shape index (κ2) is 6.45. The van der Waals surface area contributed by atoms with E-state index in [1.165, 1.54) is 27.6 Å². The number of nitrogens with zero attached hydrogens (tertiary/aromatic N) is 5. The van der Waals surface area contributed by atoms with Crippen LogP contribution in [0.15, 0.2) is 49.6 Å². The topological polar surface area (TPSA) is 25.3 Å². The Bertz CT molecular complexity index is 1010. The minimum absolute atomic E-state index is 0.997. The van der Waals surface area contributed by atoms with Crippen molar-refractivity contribution in [2.24, 2.45) is 14.1 Å². The van der Waals surface area contributed by atoms with Gasteiger partial charge in [-0.1, -0.05) is 0 Å². The fourth-order valence-electron chi connectivity index (χ4n) is 3.35. The average Bonchev–Trinajstić information content (AvgIpc) is 3.24. The molecule has 1 N–H and O–H groups in total. The van der Waals surface area contributed by atoms with Gasteiger partial charge in [-0.05, 0) is 0 Å². The molecule has 6 nitrogen and oxygen atoms in total. The Morgan fingerprint density at radius 3 is 1.67 bits per heavy atom. The summed E-state index contributed by atoms with van der Waals surface area (Å²) in [5.74, 6) is 0. The molecule has 0 aliphatic carbocycles. The number of imidazole rings is 2. The third-order valence-corrected chi connectivity index (χ3v) is 4.53. The fraction of sp³-hybridized carbons (Fsp3) is 0.294. The third kappa shape index (κ3) is 5.73. The van der Waals surface area contributed by atoms with E-state index in [1.807, 2.05) is 14.1 Å². The Hall–Kier alpha value is -2.59. The molecule has 1 aromatic carbocycles. The Morgan fingerprint density at radius 2 is 1.27 bits per heavy atom. The Morgan fingerprint density at radius 1 is 0.833 bits per heavy atom. The van der Waals surface area contributed by atoms with E-state index in [0.29, 0.717) is 0 Å². The van der Waals surface area contributed by atoms with Crippen LogP contribution in [-0.4, -0.2) is 29.9 Å². The van der Waals surface area contributed by atoms with Gasteiger partial charge in [-0.2, -0.15) is 9.13 Å². The molecule has 0 spiro atoms. The predicted octanol–water partition coefficient (Wildman–Crippen LogP) is 2.85. The molecule has 4 rings (SSSR count). The second-order valence-corrected chi connectivity index (χ2v) is 9.34. The Balaban J connectivity index is 0.000000318. The van der Waals surface area contributed by atoms with Crippen LogP contribution in [0.1, 0.15) is 0 Å². The molecule has 166 valence electrons. The number of hydrogen-bond acceptors (Lipinski definition) is 1. The number of hydrogen-bond donors (Lipinski definition) is 1. The summed E-state index contributed by atoms with van der Waals surface area (Å²) in [5, 5.41) is 0. The van der Waals surface area contributed by atoms with Gasteiger partial charge in [0.15, 0.2) is 23.7 Å². The standard InChI is InChI=1S/C17H22N6.F6P/c1-18-5-7-22(11-18)16-9-14-15(21(4)13-20(14)3)10-17(16)23-8-6-19(2)12-23;1-7(2,3,4,5)6/h5-12H,13H2,1-4H3;/q+2;-1/p+1. The maximum absolute atomic E-state index is 10.7. The zero-order valence-corrected chi connectivity index (χ0v) is 17.7. The van der Waals surface area contributed by atoms with Crippen LogP contribution in [0.3, 0.4) is 0 Å². The first-order valence-corrected chi connectivity index (χ1v) is 10.9. The van der Waals surface area contributed by atoms with Gasteiger partial charge in [0.1, 0.15) is 30.5 Å². The molecular weight excluding hydrogens is 433 g/mol. The van der Waals surface area contributed by atoms with Crippen LogP contribution in [0.4, 0.5) is 36.6 Å². The van der Waals surface area contributed by atoms with Crippen LogP contribution in [0.2, 0.25) is 0 Å². The van der Waals surface area contributed by atoms with Gasteiger partial charge in [-0.15, -0.1) is 0 Å². The van der Waals surface area contributed by atoms with Gasteiger partial charge in [0.05, 0.1) is 27.2 Å². The van der Waals surface area contributed by atoms with Gasteiger partial charge in [-0.3, -0.25) is 4.90 Å². The quantitative estimate of drug-likeness (QED) is 0.358. The molecule has 0 saturated heterocycles. The number of quaternary nitrogens is 1. The molecule has 0 saturated carbocycles. The molecule has 0 amide bonds. The summed E-state index contributed by atoms with van der Waals surface area (Å²) in [4.78, 5) is 3.74. The molecule has 30 heavy (non-hydrogen) atoms. The zero-order valence-electron chi connectivity index (χ0n) is 16.8. The van der Waals surface area contributed by atoms with E-state index in [9.17, 15) is 25.2 Å². The number of anilines is 1. The first kappa shape index (κ1) is 22.1. The van der Waals surface area contributed by atoms with Crippen LogP contribution in [-0.2, 0) is 14.1 Å². The van der Waals surface area contributed by atoms with Crippen molar-refractivity contribution in [2.45, 2.75) is 0 Å². The number of benzene rings is 1. The van der Waals surface area contributed by atoms with E-state index in [1.54, 1.807) is 0 Å². The molecule has 3 heterocycles. The third-order valence-electron chi connectivity index (χ3n) is 4.53. The summed E-state index contributed by atoms with van der Waals surface area (Å²) in [5.41, 5.74) is 5.02. The van der Waals surface area contributed by atoms with Gasteiger partial charge >= 0.3 is 33.0 Å². The minimum atomic E-state index is -10.7. The van der Waals surface area contributed by atoms with Crippen molar-refractivity contribution in [3.8, 4) is 11.4 Å². The van der Waals surface area contributed by atoms with Gasteiger partial charge in [-0.25, -0.2) is 9.13 Å². The monoisotopic (exact) mass is 456 g/mol. The first-order valence-electron chi connectivity index (χ1n) is 8.83. The van der Waals surface area contributed by atoms with Crippen molar-refractivity contribution in [3.05, 3.63) is 49.6 Å². The van der Waals surface area contributed by atoms with E-state index >= 15 is 0 Å². The van der Waals surface area contributed by atoms with Crippen LogP contribution in [0.5, 0.6) is 0 Å². The normalized spacial score (nSPS) is 18.3. The summed E-state index contributed by atoms with van der Waals surface area (Å²) in [6, 6.07) is 4.60. The Kier molecular flexibility index (Phi) is 4.75. The van der Waals surface area contributed by atoms with Gasteiger partial charge in [0, 0.05) is 13.1 Å². The van der Waals surface area contributed by atoms with E-state index in [2.05, 4.69) is 86.8 Å². The summed E-state index contributed by atoms with van der Waals surface area (Å²) < 4.78 is 67.7. The molecule has 0 fully saturated rings. The zero-order chi connectivity index (χ0) is 22.5. The molecule has 1 aliphatic rings. The van der Waals surface area contributed by atoms with Crippen molar-refractivity contribution in [2.75, 3.05) is 25.7 Å². The van der Waals surface area contributed by atoms with E-state index < -0.39 is 7.81 Å². The van der Waals surface area contributed by atoms with Gasteiger partial charge in [0.25, 0.3) is 0 Å². The molecule has 2 aromatic heterocycles. The van der Waals surface area contributed by atoms with Crippen LogP contribution in [0, 0.1) is 0 Å². The fourth-order valence-corrected chi connectivity index (χ4v) is 3.35. The molecule has 1 aliphatic heterocycles. The number of aryl methyl sites for hydroxylation is 2. The predicted molar refractivity (Wildman–Crippen MR) is 101 cm³/mol. The molecule has 0 radical (unpaired) electrons. The van der Waals surface area contributed by atoms with Crippen LogP contribution < -0.4 is 18.9 Å². The molecule has 13 heteroatoms. The number of nitrogens with one attached hydrogen (secondary N) is 1. The van der Waals surface area contributed by atoms with Crippen molar-refractivity contribution in [1.29, 1.82) is 0 Å². The number of rotatable bonds is 2. The second-order valence-electron chi connectivity index (χ2n) is 7.43. The molecule has 3 aromatic rings. The van der Waals surface area contributed by atoms with Gasteiger partial charge < -0.3 is 4.90 Å². The van der Waals surface area contributed by atoms with E-state index in [-0.39, 0.29) is 0 Å². The summed E-state index contributed by atoms with van der Waals surface area (Å²) in [6.07, 6.45) is 12.5. The SMILES string of the molecule is CN1C[NH+](C)c2cc(-n3cc[n+](C)c3)c(-n3cc[n+](C)c3)cc21.F[P-](F)(F)(F)(F)F. The summed E-state index contributed by atoms with van der Waals surface area (Å²) in [6.45, 7) is 0.997. The van der Waals surface area contributed by atoms with Crippen molar-refractivity contribution < 1.29 is 39.2 Å². The number of aromatic nitrogens is 4. The maximum atomic E-state index is 9.87. The first-order chi connectivity index (χ1) is 13.5. The number of fused-ring (bicyclic) bond motifs is 1. The van der Waals surface area contributed by atoms with E-state index in [4.69, 9.17) is 0 Å². The molecule has 1 atom stereocenters. The summed E-state index contributed by atoms with van der Waals surface area (Å²) in [7, 11) is -2.19. The molecular formula is C17H23F6N6P+2. The molecule has 0 bridgehead atoms. The van der Waals surface area contributed by atoms with Crippen molar-refractivity contribution >= 4 is 19.2 Å². The van der Waals surface area contributed by atoms with Crippen LogP contribution in [0.25, 0.3) is 11.4 Å². The Labute approximate surface area is 169 Å². The van der Waals surface area contributed by atoms with Crippen LogP contribution >= 0.6 is 7.81 Å². The van der Waals surface area contributed by atoms with Gasteiger partial charge in [0.2, 0.25) is 12.7 Å². The summed E-state index contributed by atoms with van der Waals surface area (Å²) >= 11 is 0.